The first-order valence-corrected chi connectivity index (χ1v) is 11.8. The zero-order chi connectivity index (χ0) is 27.1. The van der Waals surface area contributed by atoms with E-state index in [0.717, 1.165) is 16.9 Å². The number of benzene rings is 3. The Morgan fingerprint density at radius 3 is 2.27 bits per heavy atom. The summed E-state index contributed by atoms with van der Waals surface area (Å²) in [7, 11) is 3.09. The largest absolute Gasteiger partial charge is 0.497 e. The van der Waals surface area contributed by atoms with Crippen molar-refractivity contribution in [3.63, 3.8) is 0 Å². The molecule has 3 aromatic carbocycles. The highest BCUT2D eigenvalue weighted by molar-refractivity contribution is 5.89. The third kappa shape index (κ3) is 6.00. The Morgan fingerprint density at radius 1 is 1.08 bits per heavy atom. The Labute approximate surface area is 218 Å². The van der Waals surface area contributed by atoms with Gasteiger partial charge in [-0.2, -0.15) is 5.26 Å². The van der Waals surface area contributed by atoms with Gasteiger partial charge in [0, 0.05) is 24.6 Å². The molecule has 0 spiro atoms. The van der Waals surface area contributed by atoms with Crippen LogP contribution in [0.3, 0.4) is 0 Å². The van der Waals surface area contributed by atoms with Crippen molar-refractivity contribution in [1.82, 2.24) is 0 Å². The highest BCUT2D eigenvalue weighted by Crippen LogP contribution is 2.38. The molecule has 0 fully saturated rings. The molecular weight excluding hydrogens is 466 g/mol. The van der Waals surface area contributed by atoms with E-state index >= 15 is 0 Å². The summed E-state index contributed by atoms with van der Waals surface area (Å²) in [4.78, 5) is 11.3. The van der Waals surface area contributed by atoms with E-state index in [1.807, 2.05) is 66.7 Å². The summed E-state index contributed by atoms with van der Waals surface area (Å²) in [6.45, 7) is 4.96. The number of para-hydroxylation sites is 1. The molecule has 3 aromatic rings. The average Bonchev–Trinajstić information content (AvgIpc) is 3.33. The van der Waals surface area contributed by atoms with Crippen molar-refractivity contribution in [2.24, 2.45) is 11.5 Å². The Bertz CT molecular complexity index is 1290. The predicted molar refractivity (Wildman–Crippen MR) is 145 cm³/mol. The summed E-state index contributed by atoms with van der Waals surface area (Å²) in [6, 6.07) is 25.2. The molecule has 4 rings (SSSR count). The fourth-order valence-electron chi connectivity index (χ4n) is 3.92. The molecule has 1 atom stereocenters. The molecule has 1 aliphatic heterocycles. The van der Waals surface area contributed by atoms with Gasteiger partial charge in [0.2, 0.25) is 5.60 Å². The maximum Gasteiger partial charge on any atom is 0.258 e. The lowest BCUT2D eigenvalue weighted by Gasteiger charge is -2.23. The lowest BCUT2D eigenvalue weighted by Crippen LogP contribution is -2.44. The molecule has 0 saturated carbocycles. The van der Waals surface area contributed by atoms with Crippen LogP contribution < -0.4 is 20.9 Å². The molecule has 1 unspecified atom stereocenters. The minimum Gasteiger partial charge on any atom is -0.497 e. The summed E-state index contributed by atoms with van der Waals surface area (Å²) in [5, 5.41) is 9.45. The van der Waals surface area contributed by atoms with Crippen LogP contribution >= 0.6 is 0 Å². The fraction of sp³-hybridized carbons (Fsp3) is 0.267. The number of ether oxygens (including phenoxy) is 3. The first-order chi connectivity index (χ1) is 17.7. The van der Waals surface area contributed by atoms with Crippen LogP contribution in [0, 0.1) is 11.3 Å². The summed E-state index contributed by atoms with van der Waals surface area (Å²) in [5.41, 5.74) is 14.3. The van der Waals surface area contributed by atoms with Crippen LogP contribution in [0.4, 0.5) is 0 Å². The number of nitrogens with two attached hydrogens (primary N) is 2. The molecule has 0 bridgehead atoms. The SMILES string of the molecule is COC1(C(N)=O)COc2ccccc21.COc1ccc(/C=C(\C#N)c2ccc(C(C)(C)CN)cc2)cc1. The van der Waals surface area contributed by atoms with Crippen LogP contribution in [0.15, 0.2) is 72.8 Å². The van der Waals surface area contributed by atoms with Crippen molar-refractivity contribution in [3.05, 3.63) is 95.1 Å². The molecule has 4 N–H and O–H groups in total. The smallest absolute Gasteiger partial charge is 0.258 e. The van der Waals surface area contributed by atoms with Crippen LogP contribution in [0.25, 0.3) is 11.6 Å². The van der Waals surface area contributed by atoms with E-state index in [1.165, 1.54) is 12.7 Å². The number of hydrogen-bond acceptors (Lipinski definition) is 6. The quantitative estimate of drug-likeness (QED) is 0.367. The molecular formula is C30H33N3O4. The molecule has 1 aliphatic rings. The first-order valence-electron chi connectivity index (χ1n) is 11.8. The zero-order valence-electron chi connectivity index (χ0n) is 21.7. The molecule has 192 valence electrons. The van der Waals surface area contributed by atoms with E-state index in [4.69, 9.17) is 25.7 Å². The highest BCUT2D eigenvalue weighted by atomic mass is 16.6. The Morgan fingerprint density at radius 2 is 1.73 bits per heavy atom. The predicted octanol–water partition coefficient (Wildman–Crippen LogP) is 4.40. The van der Waals surface area contributed by atoms with Gasteiger partial charge in [-0.1, -0.05) is 68.4 Å². The van der Waals surface area contributed by atoms with Crippen molar-refractivity contribution in [2.45, 2.75) is 24.9 Å². The number of primary amides is 1. The van der Waals surface area contributed by atoms with Gasteiger partial charge in [0.25, 0.3) is 5.91 Å². The third-order valence-electron chi connectivity index (χ3n) is 6.53. The molecule has 1 amide bonds. The van der Waals surface area contributed by atoms with Gasteiger partial charge < -0.3 is 25.7 Å². The van der Waals surface area contributed by atoms with E-state index in [-0.39, 0.29) is 12.0 Å². The zero-order valence-corrected chi connectivity index (χ0v) is 21.7. The molecule has 0 aliphatic carbocycles. The van der Waals surface area contributed by atoms with Crippen LogP contribution in [0.5, 0.6) is 11.5 Å². The Balaban J connectivity index is 0.000000231. The van der Waals surface area contributed by atoms with Gasteiger partial charge >= 0.3 is 0 Å². The summed E-state index contributed by atoms with van der Waals surface area (Å²) in [6.07, 6.45) is 1.88. The molecule has 0 saturated heterocycles. The Kier molecular flexibility index (Phi) is 8.72. The number of carbonyl (C=O) groups excluding carboxylic acids is 1. The van der Waals surface area contributed by atoms with Crippen molar-refractivity contribution >= 4 is 17.6 Å². The minimum absolute atomic E-state index is 0.0645. The number of hydrogen-bond donors (Lipinski definition) is 2. The minimum atomic E-state index is -1.11. The van der Waals surface area contributed by atoms with Gasteiger partial charge in [0.15, 0.2) is 0 Å². The van der Waals surface area contributed by atoms with Gasteiger partial charge in [0.05, 0.1) is 18.8 Å². The molecule has 7 heteroatoms. The summed E-state index contributed by atoms with van der Waals surface area (Å²) in [5.74, 6) is 0.937. The number of rotatable bonds is 7. The van der Waals surface area contributed by atoms with Crippen LogP contribution in [-0.2, 0) is 20.5 Å². The molecule has 0 radical (unpaired) electrons. The van der Waals surface area contributed by atoms with Gasteiger partial charge in [0.1, 0.15) is 18.1 Å². The van der Waals surface area contributed by atoms with Crippen molar-refractivity contribution in [1.29, 1.82) is 5.26 Å². The van der Waals surface area contributed by atoms with Gasteiger partial charge in [-0.05, 0) is 41.0 Å². The van der Waals surface area contributed by atoms with Crippen molar-refractivity contribution < 1.29 is 19.0 Å². The maximum atomic E-state index is 11.3. The highest BCUT2D eigenvalue weighted by Gasteiger charge is 2.46. The van der Waals surface area contributed by atoms with Gasteiger partial charge in [-0.3, -0.25) is 4.79 Å². The molecule has 37 heavy (non-hydrogen) atoms. The summed E-state index contributed by atoms with van der Waals surface area (Å²) >= 11 is 0. The van der Waals surface area contributed by atoms with E-state index in [9.17, 15) is 10.1 Å². The number of carbonyl (C=O) groups is 1. The van der Waals surface area contributed by atoms with Crippen molar-refractivity contribution in [3.8, 4) is 17.6 Å². The summed E-state index contributed by atoms with van der Waals surface area (Å²) < 4.78 is 15.7. The number of allylic oxidation sites excluding steroid dienone is 1. The van der Waals surface area contributed by atoms with Crippen LogP contribution in [0.1, 0.15) is 36.1 Å². The second-order valence-corrected chi connectivity index (χ2v) is 9.29. The topological polar surface area (TPSA) is 121 Å². The van der Waals surface area contributed by atoms with Crippen molar-refractivity contribution in [2.75, 3.05) is 27.4 Å². The van der Waals surface area contributed by atoms with E-state index in [1.54, 1.807) is 19.2 Å². The molecule has 1 heterocycles. The van der Waals surface area contributed by atoms with Crippen LogP contribution in [-0.4, -0.2) is 33.3 Å². The lowest BCUT2D eigenvalue weighted by atomic mass is 9.84. The van der Waals surface area contributed by atoms with Crippen LogP contribution in [0.2, 0.25) is 0 Å². The number of nitrogens with zero attached hydrogens (tertiary/aromatic N) is 1. The standard InChI is InChI=1S/C20H22N2O.C10H11NO3/c1-20(2,14-22)18-8-6-16(7-9-18)17(13-21)12-15-4-10-19(23-3)11-5-15;1-13-10(9(11)12)6-14-8-5-3-2-4-7(8)10/h4-12H,14,22H2,1-3H3;2-5H,6H2,1H3,(H2,11,12)/b17-12+;. The Hall–Kier alpha value is -4.12. The second-order valence-electron chi connectivity index (χ2n) is 9.29. The first kappa shape index (κ1) is 27.5. The van der Waals surface area contributed by atoms with Gasteiger partial charge in [-0.15, -0.1) is 0 Å². The molecule has 0 aromatic heterocycles. The van der Waals surface area contributed by atoms with E-state index in [2.05, 4.69) is 19.9 Å². The number of fused-ring (bicyclic) bond motifs is 1. The van der Waals surface area contributed by atoms with E-state index in [0.29, 0.717) is 23.4 Å². The average molecular weight is 500 g/mol. The maximum absolute atomic E-state index is 11.3. The fourth-order valence-corrected chi connectivity index (χ4v) is 3.92. The second kappa shape index (κ2) is 11.7. The third-order valence-corrected chi connectivity index (χ3v) is 6.53. The normalized spacial score (nSPS) is 16.5. The number of methoxy groups -OCH3 is 2. The molecule has 7 nitrogen and oxygen atoms in total. The van der Waals surface area contributed by atoms with E-state index < -0.39 is 11.5 Å². The number of nitriles is 1. The van der Waals surface area contributed by atoms with Gasteiger partial charge in [-0.25, -0.2) is 0 Å². The number of amides is 1. The lowest BCUT2D eigenvalue weighted by molar-refractivity contribution is -0.142. The monoisotopic (exact) mass is 499 g/mol.